The summed E-state index contributed by atoms with van der Waals surface area (Å²) >= 11 is 14.9. The van der Waals surface area contributed by atoms with Crippen LogP contribution in [0.3, 0.4) is 0 Å². The first-order valence-corrected chi connectivity index (χ1v) is 9.91. The largest absolute Gasteiger partial charge is 0.492 e. The molecule has 0 unspecified atom stereocenters. The van der Waals surface area contributed by atoms with E-state index in [4.69, 9.17) is 27.9 Å². The Morgan fingerprint density at radius 2 is 1.60 bits per heavy atom. The molecule has 0 atom stereocenters. The average Bonchev–Trinajstić information content (AvgIpc) is 2.63. The number of thioether (sulfide) groups is 1. The van der Waals surface area contributed by atoms with E-state index in [9.17, 15) is 0 Å². The fourth-order valence-corrected chi connectivity index (χ4v) is 3.91. The maximum Gasteiger partial charge on any atom is 0.189 e. The lowest BCUT2D eigenvalue weighted by Crippen LogP contribution is -1.95. The number of halogens is 2. The van der Waals surface area contributed by atoms with Crippen molar-refractivity contribution in [2.24, 2.45) is 0 Å². The molecule has 0 aliphatic carbocycles. The highest BCUT2D eigenvalue weighted by Crippen LogP contribution is 2.34. The Balaban J connectivity index is 1.74. The minimum absolute atomic E-state index is 0.649. The number of aromatic nitrogens is 2. The van der Waals surface area contributed by atoms with Crippen molar-refractivity contribution in [3.63, 3.8) is 0 Å². The van der Waals surface area contributed by atoms with Gasteiger partial charge < -0.3 is 4.74 Å². The first-order valence-electron chi connectivity index (χ1n) is 7.36. The van der Waals surface area contributed by atoms with Gasteiger partial charge in [0.15, 0.2) is 10.9 Å². The van der Waals surface area contributed by atoms with E-state index in [1.54, 1.807) is 25.1 Å². The number of methoxy groups -OCH3 is 1. The van der Waals surface area contributed by atoms with E-state index < -0.39 is 0 Å². The highest BCUT2D eigenvalue weighted by Gasteiger charge is 2.10. The maximum absolute atomic E-state index is 5.94. The molecule has 0 N–H and O–H groups in total. The number of rotatable bonds is 6. The van der Waals surface area contributed by atoms with Gasteiger partial charge in [-0.15, -0.1) is 0 Å². The number of nitrogens with zero attached hydrogens (tertiary/aromatic N) is 2. The van der Waals surface area contributed by atoms with E-state index in [0.29, 0.717) is 15.9 Å². The molecule has 0 aliphatic rings. The van der Waals surface area contributed by atoms with Gasteiger partial charge in [0.05, 0.1) is 13.3 Å². The van der Waals surface area contributed by atoms with Gasteiger partial charge in [-0.2, -0.15) is 0 Å². The van der Waals surface area contributed by atoms with Crippen LogP contribution in [0, 0.1) is 0 Å². The number of benzene rings is 2. The van der Waals surface area contributed by atoms with Gasteiger partial charge in [-0.25, -0.2) is 9.97 Å². The standard InChI is InChI=1S/C18H14Cl2N2OS2/c1-23-16-10-21-18(24-11-12-2-4-13(19)5-3-12)22-17(16)25-15-8-6-14(20)7-9-15/h2-10H,11H2,1H3. The highest BCUT2D eigenvalue weighted by atomic mass is 35.5. The van der Waals surface area contributed by atoms with Crippen LogP contribution in [0.15, 0.2) is 69.8 Å². The molecular weight excluding hydrogens is 395 g/mol. The second kappa shape index (κ2) is 8.81. The first-order chi connectivity index (χ1) is 12.1. The van der Waals surface area contributed by atoms with Gasteiger partial charge in [0, 0.05) is 20.7 Å². The van der Waals surface area contributed by atoms with Gasteiger partial charge >= 0.3 is 0 Å². The van der Waals surface area contributed by atoms with Crippen LogP contribution in [-0.4, -0.2) is 17.1 Å². The molecule has 0 bridgehead atoms. The van der Waals surface area contributed by atoms with Crippen LogP contribution in [0.1, 0.15) is 5.56 Å². The Bertz CT molecular complexity index is 843. The van der Waals surface area contributed by atoms with E-state index in [1.807, 2.05) is 48.5 Å². The molecule has 3 rings (SSSR count). The lowest BCUT2D eigenvalue weighted by Gasteiger charge is -2.09. The molecular formula is C18H14Cl2N2OS2. The molecule has 3 nitrogen and oxygen atoms in total. The zero-order valence-electron chi connectivity index (χ0n) is 13.3. The van der Waals surface area contributed by atoms with Crippen LogP contribution in [-0.2, 0) is 5.75 Å². The molecule has 0 saturated heterocycles. The number of hydrogen-bond donors (Lipinski definition) is 0. The second-order valence-electron chi connectivity index (χ2n) is 5.00. The van der Waals surface area contributed by atoms with Crippen molar-refractivity contribution < 1.29 is 4.74 Å². The summed E-state index contributed by atoms with van der Waals surface area (Å²) in [6, 6.07) is 15.4. The Morgan fingerprint density at radius 3 is 2.24 bits per heavy atom. The van der Waals surface area contributed by atoms with Crippen LogP contribution in [0.2, 0.25) is 10.0 Å². The topological polar surface area (TPSA) is 35.0 Å². The van der Waals surface area contributed by atoms with Crippen molar-refractivity contribution in [3.8, 4) is 5.75 Å². The zero-order valence-corrected chi connectivity index (χ0v) is 16.4. The second-order valence-corrected chi connectivity index (χ2v) is 7.87. The summed E-state index contributed by atoms with van der Waals surface area (Å²) in [6.07, 6.45) is 1.70. The Labute approximate surface area is 165 Å². The quantitative estimate of drug-likeness (QED) is 0.274. The van der Waals surface area contributed by atoms with E-state index >= 15 is 0 Å². The van der Waals surface area contributed by atoms with E-state index in [0.717, 1.165) is 20.7 Å². The number of hydrogen-bond acceptors (Lipinski definition) is 5. The average molecular weight is 409 g/mol. The van der Waals surface area contributed by atoms with Crippen molar-refractivity contribution in [2.75, 3.05) is 7.11 Å². The smallest absolute Gasteiger partial charge is 0.189 e. The summed E-state index contributed by atoms with van der Waals surface area (Å²) < 4.78 is 5.38. The molecule has 0 spiro atoms. The Hall–Kier alpha value is -1.40. The minimum atomic E-state index is 0.649. The van der Waals surface area contributed by atoms with Crippen molar-refractivity contribution in [3.05, 3.63) is 70.3 Å². The molecule has 2 aromatic carbocycles. The molecule has 0 saturated carbocycles. The molecule has 0 radical (unpaired) electrons. The monoisotopic (exact) mass is 408 g/mol. The summed E-state index contributed by atoms with van der Waals surface area (Å²) in [5, 5.41) is 2.92. The van der Waals surface area contributed by atoms with Crippen LogP contribution in [0.25, 0.3) is 0 Å². The third-order valence-electron chi connectivity index (χ3n) is 3.23. The predicted octanol–water partition coefficient (Wildman–Crippen LogP) is 6.24. The fourth-order valence-electron chi connectivity index (χ4n) is 1.97. The molecule has 7 heteroatoms. The molecule has 0 fully saturated rings. The third kappa shape index (κ3) is 5.28. The van der Waals surface area contributed by atoms with Gasteiger partial charge in [0.2, 0.25) is 0 Å². The van der Waals surface area contributed by atoms with Crippen molar-refractivity contribution in [2.45, 2.75) is 20.8 Å². The summed E-state index contributed by atoms with van der Waals surface area (Å²) in [5.74, 6) is 1.42. The molecule has 25 heavy (non-hydrogen) atoms. The van der Waals surface area contributed by atoms with Crippen molar-refractivity contribution in [1.29, 1.82) is 0 Å². The highest BCUT2D eigenvalue weighted by molar-refractivity contribution is 7.99. The van der Waals surface area contributed by atoms with E-state index in [1.165, 1.54) is 17.3 Å². The molecule has 128 valence electrons. The van der Waals surface area contributed by atoms with Crippen LogP contribution >= 0.6 is 46.7 Å². The van der Waals surface area contributed by atoms with Crippen LogP contribution in [0.4, 0.5) is 0 Å². The summed E-state index contributed by atoms with van der Waals surface area (Å²) in [6.45, 7) is 0. The fraction of sp³-hybridized carbons (Fsp3) is 0.111. The van der Waals surface area contributed by atoms with Gasteiger partial charge in [0.1, 0.15) is 5.03 Å². The van der Waals surface area contributed by atoms with Crippen LogP contribution in [0.5, 0.6) is 5.75 Å². The molecule has 0 aliphatic heterocycles. The summed E-state index contributed by atoms with van der Waals surface area (Å²) in [4.78, 5) is 10.0. The minimum Gasteiger partial charge on any atom is -0.492 e. The van der Waals surface area contributed by atoms with Crippen molar-refractivity contribution >= 4 is 46.7 Å². The SMILES string of the molecule is COc1cnc(SCc2ccc(Cl)cc2)nc1Sc1ccc(Cl)cc1. The summed E-state index contributed by atoms with van der Waals surface area (Å²) in [7, 11) is 1.62. The first kappa shape index (κ1) is 18.4. The van der Waals surface area contributed by atoms with E-state index in [-0.39, 0.29) is 0 Å². The molecule has 1 aromatic heterocycles. The lowest BCUT2D eigenvalue weighted by molar-refractivity contribution is 0.395. The lowest BCUT2D eigenvalue weighted by atomic mass is 10.2. The van der Waals surface area contributed by atoms with Crippen LogP contribution < -0.4 is 4.74 Å². The normalized spacial score (nSPS) is 10.7. The predicted molar refractivity (Wildman–Crippen MR) is 105 cm³/mol. The van der Waals surface area contributed by atoms with Gasteiger partial charge in [-0.05, 0) is 42.0 Å². The summed E-state index contributed by atoms with van der Waals surface area (Å²) in [5.41, 5.74) is 1.17. The van der Waals surface area contributed by atoms with E-state index in [2.05, 4.69) is 9.97 Å². The molecule has 1 heterocycles. The van der Waals surface area contributed by atoms with Gasteiger partial charge in [0.25, 0.3) is 0 Å². The van der Waals surface area contributed by atoms with Crippen molar-refractivity contribution in [1.82, 2.24) is 9.97 Å². The Kier molecular flexibility index (Phi) is 6.48. The van der Waals surface area contributed by atoms with Gasteiger partial charge in [-0.1, -0.05) is 58.9 Å². The van der Waals surface area contributed by atoms with Gasteiger partial charge in [-0.3, -0.25) is 0 Å². The third-order valence-corrected chi connectivity index (χ3v) is 5.66. The Morgan fingerprint density at radius 1 is 0.960 bits per heavy atom. The molecule has 0 amide bonds. The zero-order chi connectivity index (χ0) is 17.6. The maximum atomic E-state index is 5.94. The number of ether oxygens (including phenoxy) is 1. The molecule has 3 aromatic rings.